The molecule has 31 heavy (non-hydrogen) atoms. The topological polar surface area (TPSA) is 99.0 Å². The number of nitrogens with zero attached hydrogens (tertiary/aromatic N) is 5. The largest absolute Gasteiger partial charge is 0.495 e. The molecule has 1 aliphatic heterocycles. The van der Waals surface area contributed by atoms with Crippen molar-refractivity contribution in [3.8, 4) is 5.75 Å². The Bertz CT molecular complexity index is 1190. The van der Waals surface area contributed by atoms with Crippen LogP contribution in [0.15, 0.2) is 40.2 Å². The van der Waals surface area contributed by atoms with Crippen molar-refractivity contribution in [1.82, 2.24) is 18.7 Å². The van der Waals surface area contributed by atoms with Crippen molar-refractivity contribution in [2.24, 2.45) is 14.1 Å². The van der Waals surface area contributed by atoms with Gasteiger partial charge >= 0.3 is 5.69 Å². The number of aliphatic hydroxyl groups is 1. The molecule has 2 aromatic heterocycles. The van der Waals surface area contributed by atoms with Crippen molar-refractivity contribution in [3.63, 3.8) is 0 Å². The lowest BCUT2D eigenvalue weighted by molar-refractivity contribution is -0.903. The fraction of sp³-hybridized carbons (Fsp3) is 0.476. The number of aryl methyl sites for hydroxylation is 1. The highest BCUT2D eigenvalue weighted by Crippen LogP contribution is 2.27. The summed E-state index contributed by atoms with van der Waals surface area (Å²) in [6.45, 7) is 4.37. The maximum Gasteiger partial charge on any atom is 0.332 e. The first kappa shape index (κ1) is 21.1. The Morgan fingerprint density at radius 3 is 2.58 bits per heavy atom. The van der Waals surface area contributed by atoms with Crippen LogP contribution in [0.5, 0.6) is 5.75 Å². The number of aromatic nitrogens is 4. The molecule has 1 atom stereocenters. The lowest BCUT2D eigenvalue weighted by Crippen LogP contribution is -3.15. The zero-order valence-electron chi connectivity index (χ0n) is 18.1. The number of ether oxygens (including phenoxy) is 1. The summed E-state index contributed by atoms with van der Waals surface area (Å²) in [5.74, 6) is 0.869. The van der Waals surface area contributed by atoms with Gasteiger partial charge in [-0.25, -0.2) is 9.78 Å². The maximum atomic E-state index is 12.6. The van der Waals surface area contributed by atoms with Crippen molar-refractivity contribution in [3.05, 3.63) is 51.4 Å². The van der Waals surface area contributed by atoms with Gasteiger partial charge in [-0.1, -0.05) is 12.1 Å². The molecule has 0 radical (unpaired) electrons. The summed E-state index contributed by atoms with van der Waals surface area (Å²) in [5.41, 5.74) is 0.940. The number of aliphatic hydroxyl groups excluding tert-OH is 1. The summed E-state index contributed by atoms with van der Waals surface area (Å²) in [4.78, 5) is 32.5. The summed E-state index contributed by atoms with van der Waals surface area (Å²) in [6.07, 6.45) is 0.885. The number of piperazine rings is 1. The SMILES string of the molecule is COc1ccccc1N1CC[NH+](C[C@@H](O)Cn2cnc3c2c(=O)n(C)c(=O)n3C)CC1. The molecule has 1 saturated heterocycles. The van der Waals surface area contributed by atoms with Crippen molar-refractivity contribution < 1.29 is 14.7 Å². The molecule has 0 spiro atoms. The van der Waals surface area contributed by atoms with Gasteiger partial charge in [-0.3, -0.25) is 13.9 Å². The molecule has 4 rings (SSSR count). The predicted molar refractivity (Wildman–Crippen MR) is 117 cm³/mol. The third-order valence-electron chi connectivity index (χ3n) is 6.05. The number of para-hydroxylation sites is 2. The van der Waals surface area contributed by atoms with Gasteiger partial charge in [0, 0.05) is 14.1 Å². The second-order valence-corrected chi connectivity index (χ2v) is 8.04. The van der Waals surface area contributed by atoms with Crippen molar-refractivity contribution in [1.29, 1.82) is 0 Å². The Labute approximate surface area is 179 Å². The molecule has 1 aliphatic rings. The highest BCUT2D eigenvalue weighted by Gasteiger charge is 2.25. The average Bonchev–Trinajstić information content (AvgIpc) is 3.20. The Kier molecular flexibility index (Phi) is 5.84. The van der Waals surface area contributed by atoms with Crippen LogP contribution in [0, 0.1) is 0 Å². The summed E-state index contributed by atoms with van der Waals surface area (Å²) in [6, 6.07) is 8.01. The van der Waals surface area contributed by atoms with Crippen LogP contribution in [0.1, 0.15) is 0 Å². The minimum atomic E-state index is -0.632. The van der Waals surface area contributed by atoms with E-state index in [9.17, 15) is 14.7 Å². The summed E-state index contributed by atoms with van der Waals surface area (Å²) >= 11 is 0. The van der Waals surface area contributed by atoms with Crippen molar-refractivity contribution in [2.75, 3.05) is 44.7 Å². The Morgan fingerprint density at radius 1 is 1.16 bits per heavy atom. The van der Waals surface area contributed by atoms with E-state index in [4.69, 9.17) is 4.74 Å². The van der Waals surface area contributed by atoms with E-state index in [0.29, 0.717) is 17.7 Å². The lowest BCUT2D eigenvalue weighted by atomic mass is 10.2. The van der Waals surface area contributed by atoms with E-state index in [1.165, 1.54) is 22.8 Å². The Balaban J connectivity index is 1.41. The van der Waals surface area contributed by atoms with E-state index in [-0.39, 0.29) is 6.54 Å². The van der Waals surface area contributed by atoms with E-state index >= 15 is 0 Å². The van der Waals surface area contributed by atoms with Gasteiger partial charge in [-0.15, -0.1) is 0 Å². The smallest absolute Gasteiger partial charge is 0.332 e. The van der Waals surface area contributed by atoms with Gasteiger partial charge < -0.3 is 24.2 Å². The first-order chi connectivity index (χ1) is 14.9. The lowest BCUT2D eigenvalue weighted by Gasteiger charge is -2.35. The first-order valence-corrected chi connectivity index (χ1v) is 10.4. The van der Waals surface area contributed by atoms with Crippen molar-refractivity contribution >= 4 is 16.9 Å². The number of methoxy groups -OCH3 is 1. The number of imidazole rings is 1. The van der Waals surface area contributed by atoms with E-state index < -0.39 is 17.4 Å². The number of anilines is 1. The van der Waals surface area contributed by atoms with E-state index in [1.807, 2.05) is 18.2 Å². The fourth-order valence-corrected chi connectivity index (χ4v) is 4.32. The van der Waals surface area contributed by atoms with Crippen LogP contribution in [-0.2, 0) is 20.6 Å². The molecule has 0 amide bonds. The zero-order chi connectivity index (χ0) is 22.1. The van der Waals surface area contributed by atoms with Gasteiger partial charge in [0.15, 0.2) is 11.2 Å². The van der Waals surface area contributed by atoms with Gasteiger partial charge in [0.05, 0.1) is 51.8 Å². The van der Waals surface area contributed by atoms with E-state index in [1.54, 1.807) is 18.7 Å². The molecule has 0 saturated carbocycles. The van der Waals surface area contributed by atoms with Crippen molar-refractivity contribution in [2.45, 2.75) is 12.6 Å². The van der Waals surface area contributed by atoms with Crippen LogP contribution in [-0.4, -0.2) is 69.7 Å². The monoisotopic (exact) mass is 429 g/mol. The number of rotatable bonds is 6. The van der Waals surface area contributed by atoms with Gasteiger partial charge in [-0.2, -0.15) is 0 Å². The summed E-state index contributed by atoms with van der Waals surface area (Å²) in [7, 11) is 4.72. The quantitative estimate of drug-likeness (QED) is 0.480. The van der Waals surface area contributed by atoms with Gasteiger partial charge in [-0.05, 0) is 12.1 Å². The molecule has 0 unspecified atom stereocenters. The predicted octanol–water partition coefficient (Wildman–Crippen LogP) is -1.79. The second-order valence-electron chi connectivity index (χ2n) is 8.04. The van der Waals surface area contributed by atoms with Crippen LogP contribution in [0.25, 0.3) is 11.2 Å². The standard InChI is InChI=1S/C21H28N6O4/c1-23-19-18(20(29)24(2)21(23)30)27(14-22-19)13-15(28)12-25-8-10-26(11-9-25)16-6-4-5-7-17(16)31-3/h4-7,14-15,28H,8-13H2,1-3H3/p+1/t15-/m1/s1. The molecule has 3 heterocycles. The molecule has 1 aromatic carbocycles. The van der Waals surface area contributed by atoms with Crippen LogP contribution >= 0.6 is 0 Å². The van der Waals surface area contributed by atoms with Crippen LogP contribution in [0.3, 0.4) is 0 Å². The van der Waals surface area contributed by atoms with Gasteiger partial charge in [0.1, 0.15) is 18.4 Å². The highest BCUT2D eigenvalue weighted by molar-refractivity contribution is 5.69. The Morgan fingerprint density at radius 2 is 1.87 bits per heavy atom. The number of fused-ring (bicyclic) bond motifs is 1. The molecule has 10 heteroatoms. The van der Waals surface area contributed by atoms with E-state index in [2.05, 4.69) is 16.0 Å². The number of benzene rings is 1. The fourth-order valence-electron chi connectivity index (χ4n) is 4.32. The highest BCUT2D eigenvalue weighted by atomic mass is 16.5. The molecule has 1 fully saturated rings. The normalized spacial score (nSPS) is 16.1. The number of hydrogen-bond donors (Lipinski definition) is 2. The van der Waals surface area contributed by atoms with Gasteiger partial charge in [0.2, 0.25) is 0 Å². The third-order valence-corrected chi connectivity index (χ3v) is 6.05. The molecule has 3 aromatic rings. The molecular formula is C21H29N6O4+. The van der Waals surface area contributed by atoms with Crippen LogP contribution in [0.4, 0.5) is 5.69 Å². The minimum absolute atomic E-state index is 0.254. The minimum Gasteiger partial charge on any atom is -0.495 e. The molecule has 10 nitrogen and oxygen atoms in total. The van der Waals surface area contributed by atoms with Gasteiger partial charge in [0.25, 0.3) is 5.56 Å². The average molecular weight is 430 g/mol. The maximum absolute atomic E-state index is 12.6. The second kappa shape index (κ2) is 8.56. The Hall–Kier alpha value is -3.11. The summed E-state index contributed by atoms with van der Waals surface area (Å²) in [5, 5.41) is 10.7. The molecule has 166 valence electrons. The van der Waals surface area contributed by atoms with Crippen LogP contribution < -0.4 is 25.8 Å². The first-order valence-electron chi connectivity index (χ1n) is 10.4. The summed E-state index contributed by atoms with van der Waals surface area (Å²) < 4.78 is 9.53. The number of hydrogen-bond acceptors (Lipinski definition) is 6. The number of quaternary nitrogens is 1. The third kappa shape index (κ3) is 3.96. The molecule has 2 N–H and O–H groups in total. The molecule has 0 bridgehead atoms. The van der Waals surface area contributed by atoms with E-state index in [0.717, 1.165) is 42.2 Å². The van der Waals surface area contributed by atoms with Crippen LogP contribution in [0.2, 0.25) is 0 Å². The molecule has 0 aliphatic carbocycles. The zero-order valence-corrected chi connectivity index (χ0v) is 18.1. The molecular weight excluding hydrogens is 400 g/mol. The number of nitrogens with one attached hydrogen (secondary N) is 1.